The highest BCUT2D eigenvalue weighted by atomic mass is 32.1. The zero-order valence-electron chi connectivity index (χ0n) is 13.1. The number of ether oxygens (including phenoxy) is 1. The molecule has 0 fully saturated rings. The molecule has 1 N–H and O–H groups in total. The number of rotatable bonds is 3. The predicted molar refractivity (Wildman–Crippen MR) is 95.1 cm³/mol. The molecule has 0 saturated heterocycles. The van der Waals surface area contributed by atoms with Crippen LogP contribution in [-0.4, -0.2) is 18.0 Å². The van der Waals surface area contributed by atoms with Crippen LogP contribution in [0.1, 0.15) is 16.1 Å². The van der Waals surface area contributed by atoms with E-state index in [2.05, 4.69) is 10.3 Å². The first-order valence-corrected chi connectivity index (χ1v) is 8.21. The standard InChI is InChI=1S/C18H14N2O3S/c1-10-12-9-11(22-2)7-8-14(12)23-16(10)17(21)20-18-19-13-5-3-4-6-15(13)24-18/h3-9H,1-2H3,(H,19,20,21). The van der Waals surface area contributed by atoms with E-state index in [9.17, 15) is 4.79 Å². The smallest absolute Gasteiger partial charge is 0.293 e. The molecule has 6 heteroatoms. The Morgan fingerprint density at radius 1 is 1.25 bits per heavy atom. The summed E-state index contributed by atoms with van der Waals surface area (Å²) in [7, 11) is 1.61. The number of benzene rings is 2. The van der Waals surface area contributed by atoms with E-state index in [4.69, 9.17) is 9.15 Å². The highest BCUT2D eigenvalue weighted by Crippen LogP contribution is 2.30. The van der Waals surface area contributed by atoms with Crippen LogP contribution in [-0.2, 0) is 0 Å². The van der Waals surface area contributed by atoms with Crippen molar-refractivity contribution in [1.29, 1.82) is 0 Å². The normalized spacial score (nSPS) is 11.1. The highest BCUT2D eigenvalue weighted by molar-refractivity contribution is 7.22. The average Bonchev–Trinajstić information content (AvgIpc) is 3.15. The molecule has 0 radical (unpaired) electrons. The predicted octanol–water partition coefficient (Wildman–Crippen LogP) is 4.61. The Kier molecular flexibility index (Phi) is 3.46. The summed E-state index contributed by atoms with van der Waals surface area (Å²) in [5, 5.41) is 4.24. The lowest BCUT2D eigenvalue weighted by Crippen LogP contribution is -2.11. The number of aromatic nitrogens is 1. The molecule has 0 bridgehead atoms. The van der Waals surface area contributed by atoms with E-state index < -0.39 is 0 Å². The van der Waals surface area contributed by atoms with E-state index in [0.717, 1.165) is 26.9 Å². The summed E-state index contributed by atoms with van der Waals surface area (Å²) in [4.78, 5) is 17.0. The number of nitrogens with one attached hydrogen (secondary N) is 1. The van der Waals surface area contributed by atoms with Crippen LogP contribution >= 0.6 is 11.3 Å². The van der Waals surface area contributed by atoms with Crippen LogP contribution in [0.5, 0.6) is 5.75 Å². The van der Waals surface area contributed by atoms with Crippen LogP contribution in [0.3, 0.4) is 0 Å². The van der Waals surface area contributed by atoms with Crippen LogP contribution in [0, 0.1) is 6.92 Å². The van der Waals surface area contributed by atoms with E-state index in [1.54, 1.807) is 19.2 Å². The van der Waals surface area contributed by atoms with E-state index in [1.165, 1.54) is 11.3 Å². The third-order valence-corrected chi connectivity index (χ3v) is 4.82. The number of furan rings is 1. The fourth-order valence-corrected chi connectivity index (χ4v) is 3.48. The van der Waals surface area contributed by atoms with Gasteiger partial charge in [-0.15, -0.1) is 0 Å². The summed E-state index contributed by atoms with van der Waals surface area (Å²) < 4.78 is 12.0. The van der Waals surface area contributed by atoms with Crippen molar-refractivity contribution in [2.45, 2.75) is 6.92 Å². The summed E-state index contributed by atoms with van der Waals surface area (Å²) in [5.74, 6) is 0.712. The average molecular weight is 338 g/mol. The van der Waals surface area contributed by atoms with Crippen molar-refractivity contribution < 1.29 is 13.9 Å². The minimum absolute atomic E-state index is 0.289. The molecule has 1 amide bonds. The zero-order chi connectivity index (χ0) is 16.7. The van der Waals surface area contributed by atoms with E-state index in [0.29, 0.717) is 10.7 Å². The van der Waals surface area contributed by atoms with Crippen molar-refractivity contribution in [1.82, 2.24) is 4.98 Å². The summed E-state index contributed by atoms with van der Waals surface area (Å²) >= 11 is 1.43. The van der Waals surface area contributed by atoms with Gasteiger partial charge >= 0.3 is 0 Å². The Hall–Kier alpha value is -2.86. The number of nitrogens with zero attached hydrogens (tertiary/aromatic N) is 1. The first kappa shape index (κ1) is 14.7. The molecule has 24 heavy (non-hydrogen) atoms. The van der Waals surface area contributed by atoms with Gasteiger partial charge in [-0.1, -0.05) is 23.5 Å². The lowest BCUT2D eigenvalue weighted by atomic mass is 10.1. The first-order chi connectivity index (χ1) is 11.7. The lowest BCUT2D eigenvalue weighted by Gasteiger charge is -1.99. The Morgan fingerprint density at radius 2 is 2.08 bits per heavy atom. The van der Waals surface area contributed by atoms with Gasteiger partial charge in [0.1, 0.15) is 11.3 Å². The number of amides is 1. The minimum Gasteiger partial charge on any atom is -0.497 e. The maximum atomic E-state index is 12.6. The Balaban J connectivity index is 1.68. The number of aryl methyl sites for hydroxylation is 1. The Labute approximate surface area is 141 Å². The fourth-order valence-electron chi connectivity index (χ4n) is 2.62. The number of carbonyl (C=O) groups excluding carboxylic acids is 1. The number of hydrogen-bond acceptors (Lipinski definition) is 5. The van der Waals surface area contributed by atoms with Crippen LogP contribution in [0.25, 0.3) is 21.2 Å². The molecule has 5 nitrogen and oxygen atoms in total. The number of carbonyl (C=O) groups is 1. The SMILES string of the molecule is COc1ccc2oc(C(=O)Nc3nc4ccccc4s3)c(C)c2c1. The van der Waals surface area contributed by atoms with Gasteiger partial charge in [-0.3, -0.25) is 10.1 Å². The number of hydrogen-bond donors (Lipinski definition) is 1. The van der Waals surface area contributed by atoms with Crippen LogP contribution in [0.4, 0.5) is 5.13 Å². The fraction of sp³-hybridized carbons (Fsp3) is 0.111. The Bertz CT molecular complexity index is 1030. The third kappa shape index (κ3) is 2.41. The molecular weight excluding hydrogens is 324 g/mol. The van der Waals surface area contributed by atoms with Crippen LogP contribution < -0.4 is 10.1 Å². The number of anilines is 1. The number of para-hydroxylation sites is 1. The van der Waals surface area contributed by atoms with E-state index >= 15 is 0 Å². The largest absolute Gasteiger partial charge is 0.497 e. The van der Waals surface area contributed by atoms with Gasteiger partial charge in [0.2, 0.25) is 0 Å². The number of thiazole rings is 1. The first-order valence-electron chi connectivity index (χ1n) is 7.40. The summed E-state index contributed by atoms with van der Waals surface area (Å²) in [6, 6.07) is 13.2. The van der Waals surface area contributed by atoms with Crippen molar-refractivity contribution in [2.24, 2.45) is 0 Å². The molecule has 120 valence electrons. The quantitative estimate of drug-likeness (QED) is 0.592. The van der Waals surface area contributed by atoms with Gasteiger partial charge < -0.3 is 9.15 Å². The topological polar surface area (TPSA) is 64.4 Å². The molecule has 4 rings (SSSR count). The molecule has 2 heterocycles. The summed E-state index contributed by atoms with van der Waals surface area (Å²) in [6.07, 6.45) is 0. The van der Waals surface area contributed by atoms with Gasteiger partial charge in [0.05, 0.1) is 17.3 Å². The molecule has 0 spiro atoms. The second-order valence-corrected chi connectivity index (χ2v) is 6.39. The molecule has 2 aromatic carbocycles. The van der Waals surface area contributed by atoms with Crippen molar-refractivity contribution in [3.63, 3.8) is 0 Å². The second kappa shape index (κ2) is 5.65. The molecule has 4 aromatic rings. The Morgan fingerprint density at radius 3 is 2.88 bits per heavy atom. The van der Waals surface area contributed by atoms with Gasteiger partial charge in [-0.2, -0.15) is 0 Å². The van der Waals surface area contributed by atoms with Crippen LogP contribution in [0.15, 0.2) is 46.9 Å². The van der Waals surface area contributed by atoms with Gasteiger partial charge in [-0.05, 0) is 37.3 Å². The summed E-state index contributed by atoms with van der Waals surface area (Å²) in [6.45, 7) is 1.86. The zero-order valence-corrected chi connectivity index (χ0v) is 13.9. The molecule has 0 atom stereocenters. The molecule has 0 aliphatic rings. The van der Waals surface area contributed by atoms with Crippen molar-refractivity contribution in [3.05, 3.63) is 53.8 Å². The second-order valence-electron chi connectivity index (χ2n) is 5.36. The van der Waals surface area contributed by atoms with Gasteiger partial charge in [0.25, 0.3) is 5.91 Å². The minimum atomic E-state index is -0.304. The van der Waals surface area contributed by atoms with Gasteiger partial charge in [-0.25, -0.2) is 4.98 Å². The molecule has 2 aromatic heterocycles. The molecule has 0 saturated carbocycles. The van der Waals surface area contributed by atoms with Crippen molar-refractivity contribution >= 4 is 43.6 Å². The number of fused-ring (bicyclic) bond motifs is 2. The van der Waals surface area contributed by atoms with Gasteiger partial charge in [0.15, 0.2) is 10.9 Å². The van der Waals surface area contributed by atoms with Crippen molar-refractivity contribution in [2.75, 3.05) is 12.4 Å². The highest BCUT2D eigenvalue weighted by Gasteiger charge is 2.19. The maximum Gasteiger partial charge on any atom is 0.293 e. The molecular formula is C18H14N2O3S. The van der Waals surface area contributed by atoms with Crippen molar-refractivity contribution in [3.8, 4) is 5.75 Å². The monoisotopic (exact) mass is 338 g/mol. The van der Waals surface area contributed by atoms with Gasteiger partial charge in [0, 0.05) is 10.9 Å². The summed E-state index contributed by atoms with van der Waals surface area (Å²) in [5.41, 5.74) is 2.30. The maximum absolute atomic E-state index is 12.6. The molecule has 0 aliphatic heterocycles. The number of methoxy groups -OCH3 is 1. The van der Waals surface area contributed by atoms with E-state index in [1.807, 2.05) is 37.3 Å². The lowest BCUT2D eigenvalue weighted by molar-refractivity contribution is 0.0998. The van der Waals surface area contributed by atoms with Crippen LogP contribution in [0.2, 0.25) is 0 Å². The third-order valence-electron chi connectivity index (χ3n) is 3.86. The van der Waals surface area contributed by atoms with E-state index in [-0.39, 0.29) is 11.7 Å². The molecule has 0 aliphatic carbocycles. The molecule has 0 unspecified atom stereocenters.